The summed E-state index contributed by atoms with van der Waals surface area (Å²) in [6.45, 7) is 6.92. The average Bonchev–Trinajstić information content (AvgIpc) is 3.24. The highest BCUT2D eigenvalue weighted by Gasteiger charge is 2.21. The Bertz CT molecular complexity index is 1030. The molecule has 8 heteroatoms. The molecule has 2 aromatic carbocycles. The van der Waals surface area contributed by atoms with Gasteiger partial charge in [0.1, 0.15) is 11.5 Å². The summed E-state index contributed by atoms with van der Waals surface area (Å²) in [6.07, 6.45) is 0.857. The van der Waals surface area contributed by atoms with Gasteiger partial charge in [-0.2, -0.15) is 0 Å². The van der Waals surface area contributed by atoms with Gasteiger partial charge in [-0.05, 0) is 43.7 Å². The molecule has 7 nitrogen and oxygen atoms in total. The number of nitrogens with zero attached hydrogens (tertiary/aromatic N) is 3. The van der Waals surface area contributed by atoms with Crippen LogP contribution in [0.25, 0.3) is 10.2 Å². The fourth-order valence-electron chi connectivity index (χ4n) is 3.60. The van der Waals surface area contributed by atoms with Crippen molar-refractivity contribution in [3.05, 3.63) is 48.0 Å². The lowest BCUT2D eigenvalue weighted by Gasteiger charge is -2.27. The predicted octanol–water partition coefficient (Wildman–Crippen LogP) is 3.75. The molecule has 1 amide bonds. The summed E-state index contributed by atoms with van der Waals surface area (Å²) >= 11 is 1.50. The van der Waals surface area contributed by atoms with Crippen LogP contribution in [-0.2, 0) is 9.53 Å². The quantitative estimate of drug-likeness (QED) is 0.490. The van der Waals surface area contributed by atoms with E-state index >= 15 is 0 Å². The number of amides is 1. The minimum absolute atomic E-state index is 0.0279. The molecule has 1 saturated heterocycles. The van der Waals surface area contributed by atoms with Gasteiger partial charge in [-0.1, -0.05) is 29.0 Å². The molecule has 1 aromatic heterocycles. The molecule has 1 aliphatic rings. The standard InChI is InChI=1S/C24H29N3O4S/c1-18-4-6-19(7-5-18)31-17-23(28)27(11-3-10-26-12-14-30-15-13-26)24-25-21-9-8-20(29-2)16-22(21)32-24/h4-9,16H,3,10-15,17H2,1-2H3. The van der Waals surface area contributed by atoms with E-state index in [-0.39, 0.29) is 12.5 Å². The fraction of sp³-hybridized carbons (Fsp3) is 0.417. The normalized spacial score (nSPS) is 14.4. The number of morpholine rings is 1. The van der Waals surface area contributed by atoms with Crippen LogP contribution in [0, 0.1) is 6.92 Å². The van der Waals surface area contributed by atoms with E-state index < -0.39 is 0 Å². The number of aromatic nitrogens is 1. The maximum Gasteiger partial charge on any atom is 0.266 e. The summed E-state index contributed by atoms with van der Waals surface area (Å²) in [6, 6.07) is 13.5. The monoisotopic (exact) mass is 455 g/mol. The van der Waals surface area contributed by atoms with E-state index in [9.17, 15) is 4.79 Å². The Balaban J connectivity index is 1.47. The molecule has 170 valence electrons. The minimum atomic E-state index is -0.0985. The van der Waals surface area contributed by atoms with Crippen LogP contribution in [0.1, 0.15) is 12.0 Å². The molecule has 0 bridgehead atoms. The maximum atomic E-state index is 13.2. The van der Waals surface area contributed by atoms with Gasteiger partial charge in [0.25, 0.3) is 5.91 Å². The van der Waals surface area contributed by atoms with Gasteiger partial charge in [-0.15, -0.1) is 0 Å². The van der Waals surface area contributed by atoms with E-state index in [0.29, 0.717) is 17.4 Å². The van der Waals surface area contributed by atoms with Crippen LogP contribution in [0.4, 0.5) is 5.13 Å². The third-order valence-electron chi connectivity index (χ3n) is 5.46. The Morgan fingerprint density at radius 2 is 1.91 bits per heavy atom. The molecule has 0 atom stereocenters. The van der Waals surface area contributed by atoms with Crippen LogP contribution >= 0.6 is 11.3 Å². The highest BCUT2D eigenvalue weighted by Crippen LogP contribution is 2.31. The number of fused-ring (bicyclic) bond motifs is 1. The van der Waals surface area contributed by atoms with Crippen molar-refractivity contribution >= 4 is 32.6 Å². The Kier molecular flexibility index (Phi) is 7.57. The van der Waals surface area contributed by atoms with Crippen LogP contribution in [0.5, 0.6) is 11.5 Å². The number of rotatable bonds is 9. The van der Waals surface area contributed by atoms with Gasteiger partial charge < -0.3 is 14.2 Å². The van der Waals surface area contributed by atoms with Crippen molar-refractivity contribution in [1.29, 1.82) is 0 Å². The van der Waals surface area contributed by atoms with Crippen LogP contribution in [-0.4, -0.2) is 68.9 Å². The molecule has 0 unspecified atom stereocenters. The predicted molar refractivity (Wildman–Crippen MR) is 127 cm³/mol. The number of carbonyl (C=O) groups excluding carboxylic acids is 1. The summed E-state index contributed by atoms with van der Waals surface area (Å²) < 4.78 is 17.5. The van der Waals surface area contributed by atoms with Gasteiger partial charge in [-0.3, -0.25) is 14.6 Å². The number of hydrogen-bond acceptors (Lipinski definition) is 7. The zero-order chi connectivity index (χ0) is 22.3. The molecule has 0 radical (unpaired) electrons. The summed E-state index contributed by atoms with van der Waals surface area (Å²) in [7, 11) is 1.65. The van der Waals surface area contributed by atoms with Crippen LogP contribution in [0.15, 0.2) is 42.5 Å². The molecule has 0 aliphatic carbocycles. The number of benzene rings is 2. The number of ether oxygens (including phenoxy) is 3. The van der Waals surface area contributed by atoms with Crippen molar-refractivity contribution in [2.45, 2.75) is 13.3 Å². The molecule has 1 fully saturated rings. The summed E-state index contributed by atoms with van der Waals surface area (Å²) in [4.78, 5) is 22.0. The fourth-order valence-corrected chi connectivity index (χ4v) is 4.63. The third kappa shape index (κ3) is 5.76. The van der Waals surface area contributed by atoms with E-state index in [1.165, 1.54) is 11.3 Å². The molecule has 0 saturated carbocycles. The number of anilines is 1. The van der Waals surface area contributed by atoms with E-state index in [0.717, 1.165) is 60.8 Å². The molecule has 0 N–H and O–H groups in total. The Morgan fingerprint density at radius 3 is 2.66 bits per heavy atom. The topological polar surface area (TPSA) is 64.1 Å². The Hall–Kier alpha value is -2.68. The largest absolute Gasteiger partial charge is 0.497 e. The van der Waals surface area contributed by atoms with Gasteiger partial charge in [0.2, 0.25) is 0 Å². The van der Waals surface area contributed by atoms with Crippen molar-refractivity contribution in [3.63, 3.8) is 0 Å². The van der Waals surface area contributed by atoms with E-state index in [1.54, 1.807) is 12.0 Å². The van der Waals surface area contributed by atoms with Gasteiger partial charge in [0.15, 0.2) is 11.7 Å². The highest BCUT2D eigenvalue weighted by atomic mass is 32.1. The average molecular weight is 456 g/mol. The minimum Gasteiger partial charge on any atom is -0.497 e. The maximum absolute atomic E-state index is 13.2. The Morgan fingerprint density at radius 1 is 1.16 bits per heavy atom. The molecule has 2 heterocycles. The lowest BCUT2D eigenvalue weighted by atomic mass is 10.2. The second kappa shape index (κ2) is 10.8. The smallest absolute Gasteiger partial charge is 0.266 e. The zero-order valence-corrected chi connectivity index (χ0v) is 19.4. The van der Waals surface area contributed by atoms with Crippen molar-refractivity contribution in [3.8, 4) is 11.5 Å². The number of methoxy groups -OCH3 is 1. The third-order valence-corrected chi connectivity index (χ3v) is 6.50. The molecule has 4 rings (SSSR count). The molecule has 32 heavy (non-hydrogen) atoms. The van der Waals surface area contributed by atoms with E-state index in [2.05, 4.69) is 4.90 Å². The van der Waals surface area contributed by atoms with Crippen LogP contribution < -0.4 is 14.4 Å². The van der Waals surface area contributed by atoms with Crippen LogP contribution in [0.3, 0.4) is 0 Å². The molecule has 1 aliphatic heterocycles. The molecule has 0 spiro atoms. The second-order valence-corrected chi connectivity index (χ2v) is 8.79. The van der Waals surface area contributed by atoms with Gasteiger partial charge in [-0.25, -0.2) is 4.98 Å². The number of thiazole rings is 1. The van der Waals surface area contributed by atoms with Crippen molar-refractivity contribution in [2.24, 2.45) is 0 Å². The first-order chi connectivity index (χ1) is 15.6. The highest BCUT2D eigenvalue weighted by molar-refractivity contribution is 7.22. The van der Waals surface area contributed by atoms with Gasteiger partial charge >= 0.3 is 0 Å². The number of aryl methyl sites for hydroxylation is 1. The molecular formula is C24H29N3O4S. The first kappa shape index (κ1) is 22.5. The van der Waals surface area contributed by atoms with Crippen molar-refractivity contribution in [2.75, 3.05) is 58.0 Å². The SMILES string of the molecule is COc1ccc2nc(N(CCCN3CCOCC3)C(=O)COc3ccc(C)cc3)sc2c1. The summed E-state index contributed by atoms with van der Waals surface area (Å²) in [5, 5.41) is 0.688. The number of carbonyl (C=O) groups is 1. The van der Waals surface area contributed by atoms with E-state index in [1.807, 2.05) is 49.4 Å². The zero-order valence-electron chi connectivity index (χ0n) is 18.6. The lowest BCUT2D eigenvalue weighted by Crippen LogP contribution is -2.40. The van der Waals surface area contributed by atoms with E-state index in [4.69, 9.17) is 19.2 Å². The van der Waals surface area contributed by atoms with Gasteiger partial charge in [0, 0.05) is 26.2 Å². The lowest BCUT2D eigenvalue weighted by molar-refractivity contribution is -0.120. The van der Waals surface area contributed by atoms with Gasteiger partial charge in [0.05, 0.1) is 30.5 Å². The first-order valence-corrected chi connectivity index (χ1v) is 11.7. The summed E-state index contributed by atoms with van der Waals surface area (Å²) in [5.41, 5.74) is 2.01. The van der Waals surface area contributed by atoms with Crippen molar-refractivity contribution < 1.29 is 19.0 Å². The van der Waals surface area contributed by atoms with Crippen molar-refractivity contribution in [1.82, 2.24) is 9.88 Å². The number of hydrogen-bond donors (Lipinski definition) is 0. The second-order valence-electron chi connectivity index (χ2n) is 7.78. The summed E-state index contributed by atoms with van der Waals surface area (Å²) in [5.74, 6) is 1.37. The first-order valence-electron chi connectivity index (χ1n) is 10.9. The Labute approximate surface area is 192 Å². The van der Waals surface area contributed by atoms with Crippen LogP contribution in [0.2, 0.25) is 0 Å². The molecule has 3 aromatic rings. The molecular weight excluding hydrogens is 426 g/mol.